The zero-order valence-corrected chi connectivity index (χ0v) is 17.7. The fraction of sp³-hybridized carbons (Fsp3) is 0.261. The summed E-state index contributed by atoms with van der Waals surface area (Å²) in [6.45, 7) is 2.75. The van der Waals surface area contributed by atoms with Gasteiger partial charge in [0.15, 0.2) is 0 Å². The monoisotopic (exact) mass is 418 g/mol. The minimum Gasteiger partial charge on any atom is -0.347 e. The van der Waals surface area contributed by atoms with Crippen LogP contribution in [0.15, 0.2) is 59.3 Å². The van der Waals surface area contributed by atoms with Gasteiger partial charge in [0.25, 0.3) is 0 Å². The lowest BCUT2D eigenvalue weighted by atomic mass is 9.84. The number of rotatable bonds is 4. The molecule has 0 saturated heterocycles. The highest BCUT2D eigenvalue weighted by atomic mass is 32.1. The molecular formula is C23H22N4O2S. The third kappa shape index (κ3) is 3.15. The number of carbonyl (C=O) groups is 1. The first-order chi connectivity index (χ1) is 14.6. The maximum Gasteiger partial charge on any atom is 0.375 e. The Morgan fingerprint density at radius 3 is 2.93 bits per heavy atom. The molecule has 30 heavy (non-hydrogen) atoms. The van der Waals surface area contributed by atoms with Crippen LogP contribution in [-0.2, 0) is 24.9 Å². The molecule has 0 N–H and O–H groups in total. The molecule has 6 nitrogen and oxygen atoms in total. The van der Waals surface area contributed by atoms with Crippen LogP contribution in [0.5, 0.6) is 0 Å². The van der Waals surface area contributed by atoms with Gasteiger partial charge in [0, 0.05) is 54.1 Å². The molecule has 0 radical (unpaired) electrons. The molecule has 0 saturated carbocycles. The van der Waals surface area contributed by atoms with E-state index in [4.69, 9.17) is 4.84 Å². The first-order valence-electron chi connectivity index (χ1n) is 10.0. The molecule has 152 valence electrons. The van der Waals surface area contributed by atoms with Crippen LogP contribution >= 0.6 is 11.3 Å². The quantitative estimate of drug-likeness (QED) is 0.360. The molecule has 1 unspecified atom stereocenters. The van der Waals surface area contributed by atoms with Crippen molar-refractivity contribution in [3.8, 4) is 0 Å². The molecule has 0 bridgehead atoms. The van der Waals surface area contributed by atoms with Gasteiger partial charge in [-0.25, -0.2) is 9.78 Å². The van der Waals surface area contributed by atoms with Gasteiger partial charge in [0.05, 0.1) is 5.71 Å². The maximum atomic E-state index is 12.5. The van der Waals surface area contributed by atoms with E-state index in [1.165, 1.54) is 22.5 Å². The number of para-hydroxylation sites is 1. The highest BCUT2D eigenvalue weighted by Crippen LogP contribution is 2.35. The average Bonchev–Trinajstić information content (AvgIpc) is 3.49. The fourth-order valence-electron chi connectivity index (χ4n) is 4.34. The number of oxime groups is 1. The largest absolute Gasteiger partial charge is 0.375 e. The Morgan fingerprint density at radius 2 is 2.17 bits per heavy atom. The number of hydrogen-bond donors (Lipinski definition) is 0. The molecule has 0 aliphatic heterocycles. The van der Waals surface area contributed by atoms with Crippen LogP contribution in [0.2, 0.25) is 0 Å². The van der Waals surface area contributed by atoms with Gasteiger partial charge in [-0.05, 0) is 37.3 Å². The number of aromatic nitrogens is 3. The van der Waals surface area contributed by atoms with Crippen LogP contribution < -0.4 is 0 Å². The van der Waals surface area contributed by atoms with Gasteiger partial charge in [0.1, 0.15) is 10.7 Å². The molecule has 1 atom stereocenters. The van der Waals surface area contributed by atoms with Crippen molar-refractivity contribution in [2.75, 3.05) is 0 Å². The summed E-state index contributed by atoms with van der Waals surface area (Å²) < 4.78 is 4.37. The van der Waals surface area contributed by atoms with Crippen LogP contribution in [0, 0.1) is 12.8 Å². The Kier molecular flexibility index (Phi) is 4.75. The molecule has 1 aliphatic rings. The molecule has 1 aromatic carbocycles. The Morgan fingerprint density at radius 1 is 1.30 bits per heavy atom. The van der Waals surface area contributed by atoms with Gasteiger partial charge in [-0.3, -0.25) is 0 Å². The topological polar surface area (TPSA) is 61.4 Å². The summed E-state index contributed by atoms with van der Waals surface area (Å²) in [5.74, 6) is 0.684. The molecule has 7 heteroatoms. The van der Waals surface area contributed by atoms with E-state index in [-0.39, 0.29) is 5.92 Å². The SMILES string of the molecule is Cc1nccn1CC1CCc2c(c3ccccc3n2C)/C1=N/OC(=O)c1cccs1. The van der Waals surface area contributed by atoms with E-state index in [9.17, 15) is 4.79 Å². The summed E-state index contributed by atoms with van der Waals surface area (Å²) in [7, 11) is 2.09. The summed E-state index contributed by atoms with van der Waals surface area (Å²) in [4.78, 5) is 22.8. The van der Waals surface area contributed by atoms with Crippen molar-refractivity contribution < 1.29 is 9.63 Å². The second-order valence-corrected chi connectivity index (χ2v) is 8.54. The van der Waals surface area contributed by atoms with Gasteiger partial charge in [-0.15, -0.1) is 11.3 Å². The number of thiophene rings is 1. The number of benzene rings is 1. The van der Waals surface area contributed by atoms with Crippen molar-refractivity contribution in [1.82, 2.24) is 14.1 Å². The third-order valence-corrected chi connectivity index (χ3v) is 6.74. The summed E-state index contributed by atoms with van der Waals surface area (Å²) in [6, 6.07) is 11.9. The Labute approximate surface area is 178 Å². The standard InChI is InChI=1S/C23H22N4O2S/c1-15-24-11-12-27(15)14-16-9-10-19-21(17-6-3-4-7-18(17)26(19)2)22(16)25-29-23(28)20-8-5-13-30-20/h3-8,11-13,16H,9-10,14H2,1-2H3/b25-22+. The van der Waals surface area contributed by atoms with E-state index in [2.05, 4.69) is 38.5 Å². The van der Waals surface area contributed by atoms with Crippen LogP contribution in [0.3, 0.4) is 0 Å². The van der Waals surface area contributed by atoms with E-state index >= 15 is 0 Å². The number of imidazole rings is 1. The number of hydrogen-bond acceptors (Lipinski definition) is 5. The van der Waals surface area contributed by atoms with Crippen molar-refractivity contribution in [1.29, 1.82) is 0 Å². The molecule has 3 aromatic heterocycles. The van der Waals surface area contributed by atoms with E-state index in [1.54, 1.807) is 6.07 Å². The number of aryl methyl sites for hydroxylation is 2. The Balaban J connectivity index is 1.59. The third-order valence-electron chi connectivity index (χ3n) is 5.89. The summed E-state index contributed by atoms with van der Waals surface area (Å²) in [6.07, 6.45) is 5.69. The molecule has 0 amide bonds. The minimum absolute atomic E-state index is 0.132. The smallest absolute Gasteiger partial charge is 0.347 e. The number of fused-ring (bicyclic) bond motifs is 3. The van der Waals surface area contributed by atoms with Crippen LogP contribution in [0.1, 0.15) is 33.2 Å². The molecule has 1 aliphatic carbocycles. The van der Waals surface area contributed by atoms with Crippen molar-refractivity contribution in [2.45, 2.75) is 26.3 Å². The van der Waals surface area contributed by atoms with Gasteiger partial charge < -0.3 is 14.0 Å². The van der Waals surface area contributed by atoms with Crippen LogP contribution in [0.4, 0.5) is 0 Å². The maximum absolute atomic E-state index is 12.5. The van der Waals surface area contributed by atoms with E-state index < -0.39 is 5.97 Å². The second kappa shape index (κ2) is 7.57. The van der Waals surface area contributed by atoms with Crippen LogP contribution in [0.25, 0.3) is 10.9 Å². The summed E-state index contributed by atoms with van der Waals surface area (Å²) >= 11 is 1.36. The first-order valence-corrected chi connectivity index (χ1v) is 10.9. The number of nitrogens with zero attached hydrogens (tertiary/aromatic N) is 4. The lowest BCUT2D eigenvalue weighted by Gasteiger charge is -2.25. The fourth-order valence-corrected chi connectivity index (χ4v) is 4.93. The van der Waals surface area contributed by atoms with Gasteiger partial charge >= 0.3 is 5.97 Å². The van der Waals surface area contributed by atoms with Crippen molar-refractivity contribution in [3.05, 3.63) is 76.1 Å². The predicted molar refractivity (Wildman–Crippen MR) is 118 cm³/mol. The van der Waals surface area contributed by atoms with Gasteiger partial charge in [0.2, 0.25) is 0 Å². The van der Waals surface area contributed by atoms with E-state index in [0.29, 0.717) is 4.88 Å². The van der Waals surface area contributed by atoms with E-state index in [0.717, 1.165) is 41.9 Å². The van der Waals surface area contributed by atoms with Crippen LogP contribution in [-0.4, -0.2) is 25.8 Å². The van der Waals surface area contributed by atoms with E-state index in [1.807, 2.05) is 42.9 Å². The zero-order valence-electron chi connectivity index (χ0n) is 16.9. The minimum atomic E-state index is -0.414. The van der Waals surface area contributed by atoms with Crippen molar-refractivity contribution in [3.63, 3.8) is 0 Å². The highest BCUT2D eigenvalue weighted by Gasteiger charge is 2.32. The summed E-state index contributed by atoms with van der Waals surface area (Å²) in [5.41, 5.74) is 4.34. The van der Waals surface area contributed by atoms with Gasteiger partial charge in [-0.1, -0.05) is 29.4 Å². The molecule has 5 rings (SSSR count). The lowest BCUT2D eigenvalue weighted by molar-refractivity contribution is 0.0519. The van der Waals surface area contributed by atoms with Crippen molar-refractivity contribution >= 4 is 33.9 Å². The molecule has 3 heterocycles. The predicted octanol–water partition coefficient (Wildman–Crippen LogP) is 4.57. The average molecular weight is 419 g/mol. The number of carbonyl (C=O) groups excluding carboxylic acids is 1. The molecule has 4 aromatic rings. The first kappa shape index (κ1) is 18.8. The van der Waals surface area contributed by atoms with Crippen molar-refractivity contribution in [2.24, 2.45) is 18.1 Å². The molecular weight excluding hydrogens is 396 g/mol. The van der Waals surface area contributed by atoms with Gasteiger partial charge in [-0.2, -0.15) is 0 Å². The Hall–Kier alpha value is -3.19. The molecule has 0 fully saturated rings. The molecule has 0 spiro atoms. The normalized spacial score (nSPS) is 17.4. The zero-order chi connectivity index (χ0) is 20.7. The Bertz CT molecular complexity index is 1250. The lowest BCUT2D eigenvalue weighted by Crippen LogP contribution is -2.28. The summed E-state index contributed by atoms with van der Waals surface area (Å²) in [5, 5.41) is 7.47. The highest BCUT2D eigenvalue weighted by molar-refractivity contribution is 7.11. The second-order valence-electron chi connectivity index (χ2n) is 7.59.